The Kier molecular flexibility index (Phi) is 3.25. The molecule has 0 radical (unpaired) electrons. The van der Waals surface area contributed by atoms with Crippen LogP contribution in [-0.4, -0.2) is 27.8 Å². The van der Waals surface area contributed by atoms with Crippen molar-refractivity contribution in [3.8, 4) is 6.07 Å². The van der Waals surface area contributed by atoms with Crippen molar-refractivity contribution in [3.63, 3.8) is 0 Å². The first-order valence-electron chi connectivity index (χ1n) is 5.78. The highest BCUT2D eigenvalue weighted by Gasteiger charge is 2.30. The Hall–Kier alpha value is -1.34. The molecule has 2 rings (SSSR count). The Morgan fingerprint density at radius 1 is 1.62 bits per heavy atom. The largest absolute Gasteiger partial charge is 0.298 e. The molecule has 0 saturated heterocycles. The van der Waals surface area contributed by atoms with Crippen molar-refractivity contribution in [3.05, 3.63) is 18.0 Å². The fraction of sp³-hybridized carbons (Fsp3) is 0.667. The maximum atomic E-state index is 9.06. The topological polar surface area (TPSA) is 44.9 Å². The van der Waals surface area contributed by atoms with Crippen molar-refractivity contribution < 1.29 is 0 Å². The molecule has 16 heavy (non-hydrogen) atoms. The molecule has 1 saturated carbocycles. The second-order valence-electron chi connectivity index (χ2n) is 4.67. The van der Waals surface area contributed by atoms with Crippen LogP contribution in [-0.2, 0) is 13.6 Å². The van der Waals surface area contributed by atoms with Gasteiger partial charge in [-0.15, -0.1) is 0 Å². The van der Waals surface area contributed by atoms with Crippen LogP contribution in [0.2, 0.25) is 0 Å². The van der Waals surface area contributed by atoms with Crippen molar-refractivity contribution in [1.29, 1.82) is 5.26 Å². The van der Waals surface area contributed by atoms with E-state index in [2.05, 4.69) is 23.1 Å². The molecule has 1 aromatic heterocycles. The minimum Gasteiger partial charge on any atom is -0.298 e. The molecule has 0 N–H and O–H groups in total. The maximum absolute atomic E-state index is 9.06. The first-order valence-corrected chi connectivity index (χ1v) is 5.78. The molecule has 2 unspecified atom stereocenters. The van der Waals surface area contributed by atoms with Crippen LogP contribution < -0.4 is 0 Å². The van der Waals surface area contributed by atoms with Crippen molar-refractivity contribution in [2.75, 3.05) is 7.05 Å². The lowest BCUT2D eigenvalue weighted by Crippen LogP contribution is -2.33. The molecule has 0 bridgehead atoms. The van der Waals surface area contributed by atoms with Crippen LogP contribution >= 0.6 is 0 Å². The maximum Gasteiger partial charge on any atom is 0.0672 e. The fourth-order valence-electron chi connectivity index (χ4n) is 2.58. The quantitative estimate of drug-likeness (QED) is 0.773. The molecule has 4 heteroatoms. The van der Waals surface area contributed by atoms with Gasteiger partial charge in [0.05, 0.1) is 18.2 Å². The number of nitrogens with zero attached hydrogens (tertiary/aromatic N) is 4. The van der Waals surface area contributed by atoms with E-state index in [1.54, 1.807) is 0 Å². The molecule has 4 nitrogen and oxygen atoms in total. The van der Waals surface area contributed by atoms with Gasteiger partial charge in [-0.3, -0.25) is 9.58 Å². The third kappa shape index (κ3) is 2.25. The molecule has 0 amide bonds. The zero-order chi connectivity index (χ0) is 11.5. The summed E-state index contributed by atoms with van der Waals surface area (Å²) in [6, 6.07) is 2.84. The van der Waals surface area contributed by atoms with Gasteiger partial charge >= 0.3 is 0 Å². The first kappa shape index (κ1) is 11.2. The van der Waals surface area contributed by atoms with E-state index >= 15 is 0 Å². The normalized spacial score (nSPS) is 24.9. The van der Waals surface area contributed by atoms with Gasteiger partial charge in [0, 0.05) is 31.4 Å². The van der Waals surface area contributed by atoms with Crippen LogP contribution in [0.15, 0.2) is 12.4 Å². The Labute approximate surface area is 96.5 Å². The monoisotopic (exact) mass is 218 g/mol. The Morgan fingerprint density at radius 2 is 2.44 bits per heavy atom. The SMILES string of the molecule is CN(Cc1cnn(C)c1)C1CCCC1C#N. The van der Waals surface area contributed by atoms with Gasteiger partial charge in [0.25, 0.3) is 0 Å². The molecule has 1 aromatic rings. The van der Waals surface area contributed by atoms with E-state index in [0.717, 1.165) is 19.4 Å². The fourth-order valence-corrected chi connectivity index (χ4v) is 2.58. The zero-order valence-electron chi connectivity index (χ0n) is 9.93. The van der Waals surface area contributed by atoms with Gasteiger partial charge in [0.2, 0.25) is 0 Å². The van der Waals surface area contributed by atoms with Gasteiger partial charge in [-0.2, -0.15) is 10.4 Å². The summed E-state index contributed by atoms with van der Waals surface area (Å²) >= 11 is 0. The number of aryl methyl sites for hydroxylation is 1. The van der Waals surface area contributed by atoms with E-state index in [1.807, 2.05) is 24.1 Å². The number of rotatable bonds is 3. The summed E-state index contributed by atoms with van der Waals surface area (Å²) in [6.45, 7) is 0.886. The Morgan fingerprint density at radius 3 is 3.06 bits per heavy atom. The predicted octanol–water partition coefficient (Wildman–Crippen LogP) is 1.54. The van der Waals surface area contributed by atoms with Crippen LogP contribution in [0, 0.1) is 17.2 Å². The molecule has 0 aliphatic heterocycles. The summed E-state index contributed by atoms with van der Waals surface area (Å²) in [5, 5.41) is 13.2. The van der Waals surface area contributed by atoms with Crippen LogP contribution in [0.4, 0.5) is 0 Å². The average Bonchev–Trinajstić information content (AvgIpc) is 2.86. The van der Waals surface area contributed by atoms with Gasteiger partial charge in [0.15, 0.2) is 0 Å². The minimum atomic E-state index is 0.210. The van der Waals surface area contributed by atoms with Crippen molar-refractivity contribution >= 4 is 0 Å². The summed E-state index contributed by atoms with van der Waals surface area (Å²) in [5.74, 6) is 0.210. The van der Waals surface area contributed by atoms with E-state index in [1.165, 1.54) is 12.0 Å². The molecule has 0 spiro atoms. The summed E-state index contributed by atoms with van der Waals surface area (Å²) in [7, 11) is 4.03. The van der Waals surface area contributed by atoms with Crippen molar-refractivity contribution in [2.45, 2.75) is 31.8 Å². The van der Waals surface area contributed by atoms with E-state index in [0.29, 0.717) is 6.04 Å². The molecular weight excluding hydrogens is 200 g/mol. The predicted molar refractivity (Wildman–Crippen MR) is 61.4 cm³/mol. The second kappa shape index (κ2) is 4.67. The number of nitriles is 1. The molecule has 1 aliphatic rings. The number of hydrogen-bond acceptors (Lipinski definition) is 3. The summed E-state index contributed by atoms with van der Waals surface area (Å²) in [5.41, 5.74) is 1.22. The smallest absolute Gasteiger partial charge is 0.0672 e. The zero-order valence-corrected chi connectivity index (χ0v) is 9.93. The van der Waals surface area contributed by atoms with E-state index in [-0.39, 0.29) is 5.92 Å². The van der Waals surface area contributed by atoms with Crippen LogP contribution in [0.3, 0.4) is 0 Å². The average molecular weight is 218 g/mol. The highest BCUT2D eigenvalue weighted by atomic mass is 15.2. The number of aromatic nitrogens is 2. The van der Waals surface area contributed by atoms with Crippen molar-refractivity contribution in [1.82, 2.24) is 14.7 Å². The third-order valence-electron chi connectivity index (χ3n) is 3.40. The minimum absolute atomic E-state index is 0.210. The lowest BCUT2D eigenvalue weighted by molar-refractivity contribution is 0.212. The molecule has 1 aliphatic carbocycles. The van der Waals surface area contributed by atoms with Gasteiger partial charge in [-0.25, -0.2) is 0 Å². The van der Waals surface area contributed by atoms with Crippen molar-refractivity contribution in [2.24, 2.45) is 13.0 Å². The van der Waals surface area contributed by atoms with Gasteiger partial charge in [-0.05, 0) is 19.9 Å². The third-order valence-corrected chi connectivity index (χ3v) is 3.40. The van der Waals surface area contributed by atoms with Crippen LogP contribution in [0.25, 0.3) is 0 Å². The summed E-state index contributed by atoms with van der Waals surface area (Å²) in [6.07, 6.45) is 7.31. The highest BCUT2D eigenvalue weighted by molar-refractivity contribution is 5.05. The van der Waals surface area contributed by atoms with Crippen LogP contribution in [0.5, 0.6) is 0 Å². The summed E-state index contributed by atoms with van der Waals surface area (Å²) < 4.78 is 1.82. The molecule has 1 heterocycles. The van der Waals surface area contributed by atoms with E-state index in [4.69, 9.17) is 5.26 Å². The molecule has 86 valence electrons. The van der Waals surface area contributed by atoms with E-state index in [9.17, 15) is 0 Å². The Balaban J connectivity index is 1.98. The number of hydrogen-bond donors (Lipinski definition) is 0. The molecule has 0 aromatic carbocycles. The van der Waals surface area contributed by atoms with Gasteiger partial charge in [0.1, 0.15) is 0 Å². The Bertz CT molecular complexity index is 390. The van der Waals surface area contributed by atoms with Crippen LogP contribution in [0.1, 0.15) is 24.8 Å². The lowest BCUT2D eigenvalue weighted by Gasteiger charge is -2.25. The summed E-state index contributed by atoms with van der Waals surface area (Å²) in [4.78, 5) is 2.29. The lowest BCUT2D eigenvalue weighted by atomic mass is 10.0. The second-order valence-corrected chi connectivity index (χ2v) is 4.67. The van der Waals surface area contributed by atoms with Gasteiger partial charge < -0.3 is 0 Å². The first-order chi connectivity index (χ1) is 7.70. The highest BCUT2D eigenvalue weighted by Crippen LogP contribution is 2.29. The molecular formula is C12H18N4. The van der Waals surface area contributed by atoms with Gasteiger partial charge in [-0.1, -0.05) is 6.42 Å². The van der Waals surface area contributed by atoms with E-state index < -0.39 is 0 Å². The molecule has 2 atom stereocenters. The molecule has 1 fully saturated rings. The standard InChI is InChI=1S/C12H18N4/c1-15(8-10-7-14-16(2)9-10)12-5-3-4-11(12)6-13/h7,9,11-12H,3-5,8H2,1-2H3.